The normalized spacial score (nSPS) is 21.4. The molecule has 2 aliphatic carbocycles. The largest absolute Gasteiger partial charge is 0.493 e. The first kappa shape index (κ1) is 30.5. The van der Waals surface area contributed by atoms with Gasteiger partial charge in [-0.25, -0.2) is 0 Å². The first-order valence-electron chi connectivity index (χ1n) is 15.9. The summed E-state index contributed by atoms with van der Waals surface area (Å²) in [5, 5.41) is 2.29. The van der Waals surface area contributed by atoms with Crippen molar-refractivity contribution in [3.8, 4) is 5.75 Å². The Morgan fingerprint density at radius 2 is 1.76 bits per heavy atom. The molecule has 3 aromatic rings. The van der Waals surface area contributed by atoms with Crippen LogP contribution in [0, 0.1) is 17.8 Å². The summed E-state index contributed by atoms with van der Waals surface area (Å²) in [5.41, 5.74) is 8.72. The highest BCUT2D eigenvalue weighted by atomic mass is 16.7. The highest BCUT2D eigenvalue weighted by molar-refractivity contribution is 5.87. The zero-order valence-corrected chi connectivity index (χ0v) is 25.5. The van der Waals surface area contributed by atoms with Gasteiger partial charge in [-0.1, -0.05) is 81.3 Å². The van der Waals surface area contributed by atoms with E-state index in [4.69, 9.17) is 19.9 Å². The Morgan fingerprint density at radius 1 is 0.976 bits per heavy atom. The van der Waals surface area contributed by atoms with Crippen molar-refractivity contribution in [1.29, 1.82) is 0 Å². The molecule has 226 valence electrons. The molecule has 0 radical (unpaired) electrons. The van der Waals surface area contributed by atoms with Crippen molar-refractivity contribution in [2.24, 2.45) is 23.5 Å². The Labute approximate surface area is 251 Å². The molecule has 2 fully saturated rings. The SMILES string of the molecule is CCOC(CN(Cc1cccc2ccccc12)C(=O)[C@@H](N)Cc1ccc(OCC(C)C)cc1)OC1CCC[C@@H]2CC2C1. The molecule has 3 unspecified atom stereocenters. The molecule has 42 heavy (non-hydrogen) atoms. The summed E-state index contributed by atoms with van der Waals surface area (Å²) >= 11 is 0. The molecule has 0 bridgehead atoms. The minimum atomic E-state index is -0.685. The number of ether oxygens (including phenoxy) is 3. The van der Waals surface area contributed by atoms with Gasteiger partial charge in [0.2, 0.25) is 5.91 Å². The van der Waals surface area contributed by atoms with Crippen molar-refractivity contribution in [3.63, 3.8) is 0 Å². The fraction of sp³-hybridized carbons (Fsp3) is 0.528. The first-order valence-corrected chi connectivity index (χ1v) is 15.9. The van der Waals surface area contributed by atoms with Crippen molar-refractivity contribution < 1.29 is 19.0 Å². The van der Waals surface area contributed by atoms with E-state index in [1.807, 2.05) is 48.2 Å². The lowest BCUT2D eigenvalue weighted by molar-refractivity contribution is -0.184. The second-order valence-electron chi connectivity index (χ2n) is 12.6. The smallest absolute Gasteiger partial charge is 0.240 e. The quantitative estimate of drug-likeness (QED) is 0.217. The van der Waals surface area contributed by atoms with Crippen LogP contribution in [0.1, 0.15) is 64.0 Å². The Morgan fingerprint density at radius 3 is 2.55 bits per heavy atom. The lowest BCUT2D eigenvalue weighted by Crippen LogP contribution is -2.48. The summed E-state index contributed by atoms with van der Waals surface area (Å²) in [6.45, 7) is 8.22. The van der Waals surface area contributed by atoms with Gasteiger partial charge in [0, 0.05) is 13.2 Å². The Balaban J connectivity index is 1.32. The van der Waals surface area contributed by atoms with Crippen molar-refractivity contribution in [2.45, 2.75) is 84.3 Å². The molecule has 3 aromatic carbocycles. The van der Waals surface area contributed by atoms with Gasteiger partial charge in [-0.05, 0) is 84.4 Å². The highest BCUT2D eigenvalue weighted by Crippen LogP contribution is 2.48. The van der Waals surface area contributed by atoms with E-state index in [1.54, 1.807) is 0 Å². The van der Waals surface area contributed by atoms with Gasteiger partial charge in [0.05, 0.1) is 25.3 Å². The minimum Gasteiger partial charge on any atom is -0.493 e. The third-order valence-electron chi connectivity index (χ3n) is 8.63. The van der Waals surface area contributed by atoms with Crippen LogP contribution in [-0.4, -0.2) is 49.0 Å². The fourth-order valence-corrected chi connectivity index (χ4v) is 6.28. The molecule has 0 aliphatic heterocycles. The van der Waals surface area contributed by atoms with Gasteiger partial charge in [-0.2, -0.15) is 0 Å². The fourth-order valence-electron chi connectivity index (χ4n) is 6.28. The average Bonchev–Trinajstić information content (AvgIpc) is 3.75. The maximum absolute atomic E-state index is 14.0. The molecule has 6 nitrogen and oxygen atoms in total. The lowest BCUT2D eigenvalue weighted by atomic mass is 10.0. The van der Waals surface area contributed by atoms with Gasteiger partial charge in [-0.15, -0.1) is 0 Å². The van der Waals surface area contributed by atoms with E-state index in [0.717, 1.165) is 52.3 Å². The van der Waals surface area contributed by atoms with Crippen LogP contribution in [0.3, 0.4) is 0 Å². The minimum absolute atomic E-state index is 0.0977. The van der Waals surface area contributed by atoms with E-state index in [1.165, 1.54) is 19.3 Å². The molecule has 0 spiro atoms. The molecule has 2 saturated carbocycles. The summed E-state index contributed by atoms with van der Waals surface area (Å²) in [6.07, 6.45) is 6.15. The van der Waals surface area contributed by atoms with Gasteiger partial charge >= 0.3 is 0 Å². The lowest BCUT2D eigenvalue weighted by Gasteiger charge is -2.32. The van der Waals surface area contributed by atoms with Crippen LogP contribution >= 0.6 is 0 Å². The van der Waals surface area contributed by atoms with E-state index in [-0.39, 0.29) is 12.0 Å². The van der Waals surface area contributed by atoms with Gasteiger partial charge in [0.25, 0.3) is 0 Å². The second kappa shape index (κ2) is 14.5. The summed E-state index contributed by atoms with van der Waals surface area (Å²) in [4.78, 5) is 15.9. The Hall–Kier alpha value is -2.93. The molecule has 5 atom stereocenters. The zero-order chi connectivity index (χ0) is 29.5. The van der Waals surface area contributed by atoms with Crippen LogP contribution in [0.25, 0.3) is 10.8 Å². The van der Waals surface area contributed by atoms with Gasteiger partial charge < -0.3 is 24.8 Å². The molecule has 2 N–H and O–H groups in total. The van der Waals surface area contributed by atoms with Crippen LogP contribution in [0.15, 0.2) is 66.7 Å². The highest BCUT2D eigenvalue weighted by Gasteiger charge is 2.41. The number of rotatable bonds is 14. The number of nitrogens with two attached hydrogens (primary N) is 1. The summed E-state index contributed by atoms with van der Waals surface area (Å²) in [6, 6.07) is 21.8. The molecule has 5 rings (SSSR count). The summed E-state index contributed by atoms with van der Waals surface area (Å²) in [7, 11) is 0. The van der Waals surface area contributed by atoms with Crippen LogP contribution in [0.4, 0.5) is 0 Å². The van der Waals surface area contributed by atoms with Crippen molar-refractivity contribution >= 4 is 16.7 Å². The first-order chi connectivity index (χ1) is 20.4. The maximum atomic E-state index is 14.0. The van der Waals surface area contributed by atoms with Crippen LogP contribution < -0.4 is 10.5 Å². The van der Waals surface area contributed by atoms with E-state index in [2.05, 4.69) is 44.2 Å². The predicted molar refractivity (Wildman–Crippen MR) is 168 cm³/mol. The number of hydrogen-bond donors (Lipinski definition) is 1. The van der Waals surface area contributed by atoms with Crippen molar-refractivity contribution in [1.82, 2.24) is 4.90 Å². The third kappa shape index (κ3) is 8.33. The number of carbonyl (C=O) groups excluding carboxylic acids is 1. The molecular weight excluding hydrogens is 524 g/mol. The van der Waals surface area contributed by atoms with Crippen molar-refractivity contribution in [2.75, 3.05) is 19.8 Å². The topological polar surface area (TPSA) is 74.0 Å². The second-order valence-corrected chi connectivity index (χ2v) is 12.6. The molecular formula is C36H48N2O4. The van der Waals surface area contributed by atoms with E-state index < -0.39 is 12.3 Å². The number of amides is 1. The number of benzene rings is 3. The van der Waals surface area contributed by atoms with Gasteiger partial charge in [0.1, 0.15) is 5.75 Å². The maximum Gasteiger partial charge on any atom is 0.240 e. The monoisotopic (exact) mass is 572 g/mol. The van der Waals surface area contributed by atoms with Crippen LogP contribution in [0.2, 0.25) is 0 Å². The Kier molecular flexibility index (Phi) is 10.5. The number of nitrogens with zero attached hydrogens (tertiary/aromatic N) is 1. The number of hydrogen-bond acceptors (Lipinski definition) is 5. The Bertz CT molecular complexity index is 1290. The predicted octanol–water partition coefficient (Wildman–Crippen LogP) is 6.73. The van der Waals surface area contributed by atoms with E-state index >= 15 is 0 Å². The molecule has 0 heterocycles. The molecule has 6 heteroatoms. The van der Waals surface area contributed by atoms with Crippen LogP contribution in [-0.2, 0) is 27.2 Å². The number of carbonyl (C=O) groups is 1. The molecule has 0 aromatic heterocycles. The van der Waals surface area contributed by atoms with Gasteiger partial charge in [-0.3, -0.25) is 4.79 Å². The van der Waals surface area contributed by atoms with Gasteiger partial charge in [0.15, 0.2) is 6.29 Å². The standard InChI is InChI=1S/C36H48N2O4/c1-4-40-35(42-32-13-8-11-28-20-30(28)21-32)23-38(22-29-12-7-10-27-9-5-6-14-33(27)29)36(39)34(37)19-26-15-17-31(18-16-26)41-24-25(2)3/h5-7,9-10,12,14-18,25,28,30,32,34-35H,4,8,11,13,19-24,37H2,1-3H3/t28-,30?,32?,34+,35?/m1/s1. The molecule has 1 amide bonds. The third-order valence-corrected chi connectivity index (χ3v) is 8.63. The summed E-state index contributed by atoms with van der Waals surface area (Å²) < 4.78 is 18.5. The molecule has 2 aliphatic rings. The number of fused-ring (bicyclic) bond motifs is 2. The van der Waals surface area contributed by atoms with Crippen molar-refractivity contribution in [3.05, 3.63) is 77.9 Å². The molecule has 0 saturated heterocycles. The average molecular weight is 573 g/mol. The summed E-state index contributed by atoms with van der Waals surface area (Å²) in [5.74, 6) is 2.88. The zero-order valence-electron chi connectivity index (χ0n) is 25.5. The van der Waals surface area contributed by atoms with E-state index in [0.29, 0.717) is 38.6 Å². The van der Waals surface area contributed by atoms with Crippen LogP contribution in [0.5, 0.6) is 5.75 Å². The van der Waals surface area contributed by atoms with E-state index in [9.17, 15) is 4.79 Å².